The van der Waals surface area contributed by atoms with Gasteiger partial charge in [0.15, 0.2) is 0 Å². The zero-order valence-electron chi connectivity index (χ0n) is 6.22. The zero-order chi connectivity index (χ0) is 7.94. The Bertz CT molecular complexity index is 290. The molecule has 0 spiro atoms. The fraction of sp³-hybridized carbons (Fsp3) is 0.200. The maximum Gasteiger partial charge on any atom is 0.0419 e. The number of rotatable bonds is 1. The second-order valence-corrected chi connectivity index (χ2v) is 2.11. The molecule has 0 bridgehead atoms. The van der Waals surface area contributed by atoms with Crippen LogP contribution in [0, 0.1) is 24.2 Å². The van der Waals surface area contributed by atoms with E-state index >= 15 is 0 Å². The van der Waals surface area contributed by atoms with E-state index in [1.807, 2.05) is 18.5 Å². The van der Waals surface area contributed by atoms with Crippen molar-refractivity contribution in [2.24, 2.45) is 0 Å². The Balaban J connectivity index is 2.41. The number of nitrogens with one attached hydrogen (secondary N) is 1. The second-order valence-electron chi connectivity index (χ2n) is 2.11. The summed E-state index contributed by atoms with van der Waals surface area (Å²) >= 11 is 0. The minimum Gasteiger partial charge on any atom is -0.367 e. The van der Waals surface area contributed by atoms with Crippen LogP contribution in [0.15, 0.2) is 18.5 Å². The molecule has 1 nitrogen and oxygen atoms in total. The van der Waals surface area contributed by atoms with Gasteiger partial charge in [-0.1, -0.05) is 11.8 Å². The molecule has 0 radical (unpaired) electrons. The van der Waals surface area contributed by atoms with Crippen LogP contribution in [0.25, 0.3) is 0 Å². The van der Waals surface area contributed by atoms with E-state index in [0.29, 0.717) is 0 Å². The largest absolute Gasteiger partial charge is 0.367 e. The Hall–Kier alpha value is -1.60. The number of hydrogen-bond acceptors (Lipinski definition) is 0. The number of terminal acetylenes is 1. The molecule has 1 aromatic heterocycles. The van der Waals surface area contributed by atoms with Crippen LogP contribution >= 0.6 is 0 Å². The summed E-state index contributed by atoms with van der Waals surface area (Å²) in [7, 11) is 0. The maximum absolute atomic E-state index is 5.06. The van der Waals surface area contributed by atoms with Gasteiger partial charge in [-0.2, -0.15) is 0 Å². The zero-order valence-corrected chi connectivity index (χ0v) is 6.22. The molecule has 0 aromatic carbocycles. The van der Waals surface area contributed by atoms with E-state index in [1.165, 1.54) is 0 Å². The molecule has 0 fully saturated rings. The van der Waals surface area contributed by atoms with Crippen molar-refractivity contribution in [1.82, 2.24) is 4.98 Å². The molecule has 0 unspecified atom stereocenters. The first-order chi connectivity index (χ1) is 5.43. The fourth-order valence-electron chi connectivity index (χ4n) is 0.701. The molecular formula is C10H9N. The Morgan fingerprint density at radius 1 is 1.45 bits per heavy atom. The van der Waals surface area contributed by atoms with Gasteiger partial charge in [0.1, 0.15) is 0 Å². The molecule has 1 N–H and O–H groups in total. The lowest BCUT2D eigenvalue weighted by molar-refractivity contribution is 1.12. The molecule has 0 aliphatic rings. The Morgan fingerprint density at radius 3 is 3.00 bits per heavy atom. The van der Waals surface area contributed by atoms with Crippen LogP contribution in [-0.4, -0.2) is 4.98 Å². The van der Waals surface area contributed by atoms with Gasteiger partial charge in [-0.05, 0) is 6.07 Å². The van der Waals surface area contributed by atoms with E-state index in [1.54, 1.807) is 0 Å². The van der Waals surface area contributed by atoms with Crippen molar-refractivity contribution in [2.75, 3.05) is 0 Å². The summed E-state index contributed by atoms with van der Waals surface area (Å²) in [5.41, 5.74) is 1.02. The third-order valence-corrected chi connectivity index (χ3v) is 1.23. The lowest BCUT2D eigenvalue weighted by atomic mass is 10.3. The first kappa shape index (κ1) is 7.51. The summed E-state index contributed by atoms with van der Waals surface area (Å²) in [6.45, 7) is 0. The van der Waals surface area contributed by atoms with Crippen molar-refractivity contribution in [1.29, 1.82) is 0 Å². The fourth-order valence-corrected chi connectivity index (χ4v) is 0.701. The predicted octanol–water partition coefficient (Wildman–Crippen LogP) is 1.78. The van der Waals surface area contributed by atoms with Gasteiger partial charge in [0.25, 0.3) is 0 Å². The molecule has 0 aliphatic carbocycles. The highest BCUT2D eigenvalue weighted by Gasteiger charge is 1.81. The average Bonchev–Trinajstić information content (AvgIpc) is 2.50. The molecule has 1 rings (SSSR count). The van der Waals surface area contributed by atoms with Gasteiger partial charge in [-0.15, -0.1) is 12.3 Å². The number of H-pyrrole nitrogens is 1. The number of aromatic nitrogens is 1. The maximum atomic E-state index is 5.06. The molecule has 0 saturated heterocycles. The summed E-state index contributed by atoms with van der Waals surface area (Å²) in [5.74, 6) is 8.50. The molecule has 0 saturated carbocycles. The van der Waals surface area contributed by atoms with Crippen LogP contribution in [0.5, 0.6) is 0 Å². The molecule has 0 amide bonds. The Labute approximate surface area is 66.8 Å². The highest BCUT2D eigenvalue weighted by molar-refractivity contribution is 5.31. The van der Waals surface area contributed by atoms with Gasteiger partial charge in [-0.25, -0.2) is 0 Å². The normalized spacial score (nSPS) is 7.91. The number of aromatic amines is 1. The van der Waals surface area contributed by atoms with Crippen LogP contribution in [0.4, 0.5) is 0 Å². The number of hydrogen-bond donors (Lipinski definition) is 1. The SMILES string of the molecule is C#CCCC#Cc1cc[nH]c1. The average molecular weight is 143 g/mol. The van der Waals surface area contributed by atoms with E-state index < -0.39 is 0 Å². The van der Waals surface area contributed by atoms with Crippen molar-refractivity contribution in [3.05, 3.63) is 24.0 Å². The van der Waals surface area contributed by atoms with E-state index in [0.717, 1.165) is 18.4 Å². The van der Waals surface area contributed by atoms with Gasteiger partial charge in [0.2, 0.25) is 0 Å². The molecule has 0 atom stereocenters. The second kappa shape index (κ2) is 4.25. The standard InChI is InChI=1S/C10H9N/c1-2-3-4-5-6-10-7-8-11-9-10/h1,7-9,11H,3-4H2. The monoisotopic (exact) mass is 143 g/mol. The van der Waals surface area contributed by atoms with E-state index in [4.69, 9.17) is 6.42 Å². The van der Waals surface area contributed by atoms with Crippen LogP contribution < -0.4 is 0 Å². The minimum atomic E-state index is 0.734. The van der Waals surface area contributed by atoms with Crippen LogP contribution in [-0.2, 0) is 0 Å². The lowest BCUT2D eigenvalue weighted by Gasteiger charge is -1.77. The highest BCUT2D eigenvalue weighted by atomic mass is 14.6. The number of unbranched alkanes of at least 4 members (excludes halogenated alkanes) is 1. The summed E-state index contributed by atoms with van der Waals surface area (Å²) in [6.07, 6.45) is 10.3. The van der Waals surface area contributed by atoms with Crippen molar-refractivity contribution in [3.63, 3.8) is 0 Å². The minimum absolute atomic E-state index is 0.734. The van der Waals surface area contributed by atoms with Gasteiger partial charge in [-0.3, -0.25) is 0 Å². The van der Waals surface area contributed by atoms with Crippen LogP contribution in [0.3, 0.4) is 0 Å². The van der Waals surface area contributed by atoms with Crippen LogP contribution in [0.2, 0.25) is 0 Å². The van der Waals surface area contributed by atoms with Gasteiger partial charge in [0.05, 0.1) is 0 Å². The molecule has 1 aromatic rings. The van der Waals surface area contributed by atoms with E-state index in [9.17, 15) is 0 Å². The quantitative estimate of drug-likeness (QED) is 0.455. The van der Waals surface area contributed by atoms with Crippen molar-refractivity contribution in [2.45, 2.75) is 12.8 Å². The van der Waals surface area contributed by atoms with Gasteiger partial charge >= 0.3 is 0 Å². The summed E-state index contributed by atoms with van der Waals surface area (Å²) < 4.78 is 0. The molecule has 54 valence electrons. The Kier molecular flexibility index (Phi) is 2.90. The van der Waals surface area contributed by atoms with Crippen LogP contribution in [0.1, 0.15) is 18.4 Å². The lowest BCUT2D eigenvalue weighted by Crippen LogP contribution is -1.66. The smallest absolute Gasteiger partial charge is 0.0419 e. The van der Waals surface area contributed by atoms with Gasteiger partial charge < -0.3 is 4.98 Å². The van der Waals surface area contributed by atoms with Crippen molar-refractivity contribution < 1.29 is 0 Å². The third-order valence-electron chi connectivity index (χ3n) is 1.23. The first-order valence-corrected chi connectivity index (χ1v) is 3.48. The molecule has 1 heteroatoms. The highest BCUT2D eigenvalue weighted by Crippen LogP contribution is 1.92. The molecule has 0 aliphatic heterocycles. The first-order valence-electron chi connectivity index (χ1n) is 3.48. The molecule has 11 heavy (non-hydrogen) atoms. The summed E-state index contributed by atoms with van der Waals surface area (Å²) in [6, 6.07) is 1.93. The summed E-state index contributed by atoms with van der Waals surface area (Å²) in [5, 5.41) is 0. The predicted molar refractivity (Wildman–Crippen MR) is 45.7 cm³/mol. The van der Waals surface area contributed by atoms with Crippen molar-refractivity contribution in [3.8, 4) is 24.2 Å². The topological polar surface area (TPSA) is 15.8 Å². The summed E-state index contributed by atoms with van der Waals surface area (Å²) in [4.78, 5) is 2.93. The van der Waals surface area contributed by atoms with E-state index in [2.05, 4.69) is 22.7 Å². The molecular weight excluding hydrogens is 134 g/mol. The van der Waals surface area contributed by atoms with Crippen molar-refractivity contribution >= 4 is 0 Å². The third kappa shape index (κ3) is 2.65. The van der Waals surface area contributed by atoms with E-state index in [-0.39, 0.29) is 0 Å². The molecule has 1 heterocycles. The Morgan fingerprint density at radius 2 is 2.36 bits per heavy atom. The van der Waals surface area contributed by atoms with Gasteiger partial charge in [0, 0.05) is 30.8 Å².